The molecule has 7 rings (SSSR count). The van der Waals surface area contributed by atoms with Crippen LogP contribution in [0.5, 0.6) is 0 Å². The maximum atomic E-state index is 14.9. The quantitative estimate of drug-likeness (QED) is 0.0473. The van der Waals surface area contributed by atoms with Crippen molar-refractivity contribution in [3.05, 3.63) is 33.9 Å². The van der Waals surface area contributed by atoms with Gasteiger partial charge in [0.15, 0.2) is 5.78 Å². The number of rotatable bonds is 12. The minimum atomic E-state index is -2.43. The summed E-state index contributed by atoms with van der Waals surface area (Å²) in [6.07, 6.45) is 5.47. The van der Waals surface area contributed by atoms with Crippen molar-refractivity contribution in [1.82, 2.24) is 15.1 Å². The Labute approximate surface area is 497 Å². The first-order chi connectivity index (χ1) is 38.9. The van der Waals surface area contributed by atoms with Crippen LogP contribution >= 0.6 is 11.8 Å². The number of methoxy groups -OCH3 is 1. The number of carbonyl (C=O) groups is 7. The van der Waals surface area contributed by atoms with E-state index < -0.39 is 119 Å². The van der Waals surface area contributed by atoms with E-state index in [0.29, 0.717) is 81.2 Å². The van der Waals surface area contributed by atoms with E-state index in [1.54, 1.807) is 34.8 Å². The van der Waals surface area contributed by atoms with Gasteiger partial charge in [-0.2, -0.15) is 0 Å². The number of aliphatic hydroxyl groups is 4. The lowest BCUT2D eigenvalue weighted by atomic mass is 9.75. The molecule has 0 unspecified atom stereocenters. The smallest absolute Gasteiger partial charge is 0.353 e. The summed E-state index contributed by atoms with van der Waals surface area (Å²) >= 11 is 1.37. The highest BCUT2D eigenvalue weighted by Gasteiger charge is 2.61. The Bertz CT molecular complexity index is 2460. The minimum Gasteiger partial charge on any atom is -0.477 e. The summed E-state index contributed by atoms with van der Waals surface area (Å²) < 4.78 is 18.4. The SMILES string of the molecule is CCC.CO[C@@H]1C[C@H](/C=C(\C)[C@H]2OC(=O)[C@@H]3CCCCN3C(=O)C(=O)[C@]3(O)O[C@H]([C@@H](C)C[C@@H](C)C/C(C)=C/[C@@H](CCC(C)(C)C(=O)[C@@H]4C[C@H](SC5=C(C(=O)O)N6C(=O)[C@H]([C@@H](C)O)[C@H]6[C@H]5C)CN4)C(=O)C[C@H](O)[C@H]2C)[C@@H](C)C[C@H]3C)CC[C@H]1O. The average Bonchev–Trinajstić information content (AvgIpc) is 1.75. The van der Waals surface area contributed by atoms with Gasteiger partial charge in [-0.15, -0.1) is 11.8 Å². The molecule has 0 aromatic rings. The monoisotopic (exact) mass is 1180 g/mol. The van der Waals surface area contributed by atoms with E-state index in [4.69, 9.17) is 14.2 Å². The van der Waals surface area contributed by atoms with Gasteiger partial charge in [-0.3, -0.25) is 24.0 Å². The number of Topliss-reactive ketones (excluding diaryl/α,β-unsaturated/α-hetero) is 3. The Hall–Kier alpha value is -3.82. The molecule has 20 atom stereocenters. The molecule has 6 N–H and O–H groups in total. The number of hydrogen-bond acceptors (Lipinski definition) is 16. The van der Waals surface area contributed by atoms with E-state index in [0.717, 1.165) is 5.57 Å². The van der Waals surface area contributed by atoms with Gasteiger partial charge in [0, 0.05) is 65.9 Å². The number of carboxylic acids is 1. The van der Waals surface area contributed by atoms with Crippen molar-refractivity contribution in [2.75, 3.05) is 20.2 Å². The number of aliphatic hydroxyl groups excluding tert-OH is 3. The summed E-state index contributed by atoms with van der Waals surface area (Å²) in [5, 5.41) is 58.8. The first-order valence-corrected chi connectivity index (χ1v) is 32.0. The lowest BCUT2D eigenvalue weighted by Crippen LogP contribution is -2.63. The van der Waals surface area contributed by atoms with Gasteiger partial charge >= 0.3 is 11.9 Å². The Morgan fingerprint density at radius 1 is 0.952 bits per heavy atom. The number of allylic oxidation sites excluding steroid dienone is 3. The Kier molecular flexibility index (Phi) is 23.7. The van der Waals surface area contributed by atoms with Crippen LogP contribution in [-0.2, 0) is 47.8 Å². The first kappa shape index (κ1) is 68.3. The maximum Gasteiger partial charge on any atom is 0.353 e. The van der Waals surface area contributed by atoms with Gasteiger partial charge < -0.3 is 54.9 Å². The molecule has 1 saturated carbocycles. The highest BCUT2D eigenvalue weighted by Crippen LogP contribution is 2.52. The zero-order valence-corrected chi connectivity index (χ0v) is 52.9. The van der Waals surface area contributed by atoms with E-state index in [9.17, 15) is 59.1 Å². The molecule has 4 saturated heterocycles. The predicted molar refractivity (Wildman–Crippen MR) is 316 cm³/mol. The van der Waals surface area contributed by atoms with Gasteiger partial charge in [0.25, 0.3) is 11.7 Å². The molecule has 5 fully saturated rings. The molecule has 0 radical (unpaired) electrons. The van der Waals surface area contributed by atoms with Crippen LogP contribution in [0, 0.1) is 58.7 Å². The standard InChI is InChI=1S/C61H93N3O15S.C3H8/c1-30-21-31(2)23-40(18-19-60(10,11)54(69)42-27-41(29-62-42)80-53-37(8)49-48(38(9)65)56(71)64(49)50(53)58(73)74)46(68)28-45(67)36(7)52(34(5)25-39-16-17-44(66)47(26-39)77-12)78-59(75)43-15-13-14-20-63(43)57(72)55(70)61(76)35(6)24-33(4)51(79-61)32(3)22-30;1-3-2/h23,25,30,32-33,35-45,47-49,51-52,62,65-67,76H,13-22,24,26-29H2,1-12H3,(H,73,74);3H2,1-2H3/b31-23+,34-25+;/t30-,32-,33-,35+,36+,37+,38+,39-,40+,41-,42-,43-,44+,45-,47+,48+,49+,51+,52+,61+;/m0./s1. The molecule has 7 aliphatic rings. The molecule has 19 heteroatoms. The van der Waals surface area contributed by atoms with Crippen LogP contribution in [0.2, 0.25) is 0 Å². The fourth-order valence-electron chi connectivity index (χ4n) is 14.6. The maximum absolute atomic E-state index is 14.9. The third kappa shape index (κ3) is 15.3. The first-order valence-electron chi connectivity index (χ1n) is 31.1. The summed E-state index contributed by atoms with van der Waals surface area (Å²) in [5.74, 6) is -10.8. The number of ether oxygens (including phenoxy) is 3. The number of esters is 1. The van der Waals surface area contributed by atoms with E-state index >= 15 is 0 Å². The van der Waals surface area contributed by atoms with Crippen LogP contribution in [0.25, 0.3) is 0 Å². The molecule has 2 bridgehead atoms. The number of hydrogen-bond donors (Lipinski definition) is 6. The lowest BCUT2D eigenvalue weighted by molar-refractivity contribution is -0.282. The van der Waals surface area contributed by atoms with Gasteiger partial charge in [-0.05, 0) is 127 Å². The Morgan fingerprint density at radius 2 is 1.61 bits per heavy atom. The number of β-lactam (4-membered cyclic amide) rings is 1. The van der Waals surface area contributed by atoms with Gasteiger partial charge in [-0.25, -0.2) is 9.59 Å². The van der Waals surface area contributed by atoms with Gasteiger partial charge in [-0.1, -0.05) is 93.4 Å². The van der Waals surface area contributed by atoms with Crippen LogP contribution in [0.15, 0.2) is 33.9 Å². The van der Waals surface area contributed by atoms with Crippen LogP contribution in [0.1, 0.15) is 180 Å². The van der Waals surface area contributed by atoms with E-state index in [-0.39, 0.29) is 77.9 Å². The van der Waals surface area contributed by atoms with Crippen molar-refractivity contribution in [2.24, 2.45) is 58.7 Å². The van der Waals surface area contributed by atoms with Gasteiger partial charge in [0.1, 0.15) is 23.6 Å². The molecule has 0 aromatic heterocycles. The highest BCUT2D eigenvalue weighted by molar-refractivity contribution is 8.03. The largest absolute Gasteiger partial charge is 0.477 e. The number of ketones is 3. The van der Waals surface area contributed by atoms with E-state index in [2.05, 4.69) is 26.1 Å². The lowest BCUT2D eigenvalue weighted by Gasteiger charge is -2.46. The molecule has 0 spiro atoms. The third-order valence-corrected chi connectivity index (χ3v) is 20.8. The minimum absolute atomic E-state index is 0.0515. The Morgan fingerprint density at radius 3 is 2.25 bits per heavy atom. The number of thioether (sulfide) groups is 1. The van der Waals surface area contributed by atoms with Crippen molar-refractivity contribution in [1.29, 1.82) is 0 Å². The number of nitrogens with zero attached hydrogens (tertiary/aromatic N) is 2. The Balaban J connectivity index is 0.00000361. The predicted octanol–water partition coefficient (Wildman–Crippen LogP) is 7.71. The molecular formula is C64H101N3O15S. The molecule has 6 aliphatic heterocycles. The fourth-order valence-corrected chi connectivity index (χ4v) is 16.1. The van der Waals surface area contributed by atoms with Gasteiger partial charge in [0.2, 0.25) is 11.7 Å². The van der Waals surface area contributed by atoms with Crippen LogP contribution in [0.4, 0.5) is 0 Å². The molecule has 83 heavy (non-hydrogen) atoms. The van der Waals surface area contributed by atoms with E-state index in [1.807, 2.05) is 53.7 Å². The van der Waals surface area contributed by atoms with Crippen molar-refractivity contribution >= 4 is 52.9 Å². The number of fused-ring (bicyclic) bond motifs is 4. The van der Waals surface area contributed by atoms with Crippen molar-refractivity contribution in [3.63, 3.8) is 0 Å². The van der Waals surface area contributed by atoms with Crippen LogP contribution in [-0.4, -0.2) is 162 Å². The van der Waals surface area contributed by atoms with Crippen molar-refractivity contribution in [3.8, 4) is 0 Å². The molecule has 2 amide bonds. The second-order valence-corrected chi connectivity index (χ2v) is 28.2. The number of amides is 2. The number of piperidine rings is 1. The second-order valence-electron chi connectivity index (χ2n) is 26.9. The third-order valence-electron chi connectivity index (χ3n) is 19.3. The molecule has 1 aliphatic carbocycles. The second kappa shape index (κ2) is 28.8. The summed E-state index contributed by atoms with van der Waals surface area (Å²) in [6.45, 7) is 25.2. The zero-order chi connectivity index (χ0) is 61.7. The fraction of sp³-hybridized carbons (Fsp3) is 0.797. The molecule has 18 nitrogen and oxygen atoms in total. The number of carboxylic acid groups (broad SMARTS) is 1. The summed E-state index contributed by atoms with van der Waals surface area (Å²) in [6, 6.07) is -2.18. The van der Waals surface area contributed by atoms with Crippen molar-refractivity contribution in [2.45, 2.75) is 246 Å². The number of aliphatic carboxylic acids is 1. The average molecular weight is 1180 g/mol. The van der Waals surface area contributed by atoms with E-state index in [1.165, 1.54) is 28.0 Å². The number of carbonyl (C=O) groups excluding carboxylic acids is 6. The van der Waals surface area contributed by atoms with Crippen LogP contribution < -0.4 is 5.32 Å². The summed E-state index contributed by atoms with van der Waals surface area (Å²) in [4.78, 5) is 102. The van der Waals surface area contributed by atoms with Crippen molar-refractivity contribution < 1.29 is 73.3 Å². The summed E-state index contributed by atoms with van der Waals surface area (Å²) in [7, 11) is 1.55. The summed E-state index contributed by atoms with van der Waals surface area (Å²) in [5.41, 5.74) is 0.555. The molecule has 0 aromatic carbocycles. The zero-order valence-electron chi connectivity index (χ0n) is 52.1. The van der Waals surface area contributed by atoms with Crippen LogP contribution in [0.3, 0.4) is 0 Å². The molecule has 6 heterocycles. The molecule has 468 valence electrons. The normalized spacial score (nSPS) is 39.3. The topological polar surface area (TPSA) is 267 Å². The molecular weight excluding hydrogens is 1080 g/mol. The number of nitrogens with one attached hydrogen (secondary N) is 1. The highest BCUT2D eigenvalue weighted by atomic mass is 32.2. The van der Waals surface area contributed by atoms with Gasteiger partial charge in [0.05, 0.1) is 48.5 Å². The number of cyclic esters (lactones) is 1.